The van der Waals surface area contributed by atoms with Crippen LogP contribution in [0.5, 0.6) is 5.75 Å². The Balaban J connectivity index is 1.77. The number of nitrogens with two attached hydrogens (primary N) is 1. The van der Waals surface area contributed by atoms with Gasteiger partial charge in [0.2, 0.25) is 5.91 Å². The Labute approximate surface area is 156 Å². The molecule has 4 nitrogen and oxygen atoms in total. The molecule has 2 aromatic rings. The number of carbonyl (C=O) groups excluding carboxylic acids is 1. The Hall–Kier alpha value is -2.01. The third-order valence-electron chi connectivity index (χ3n) is 5.48. The van der Waals surface area contributed by atoms with Crippen molar-refractivity contribution in [3.05, 3.63) is 52.0 Å². The molecule has 5 heteroatoms. The first-order valence-electron chi connectivity index (χ1n) is 8.59. The van der Waals surface area contributed by atoms with Crippen molar-refractivity contribution >= 4 is 33.2 Å². The molecule has 0 bridgehead atoms. The van der Waals surface area contributed by atoms with Gasteiger partial charge in [0.25, 0.3) is 0 Å². The van der Waals surface area contributed by atoms with E-state index in [-0.39, 0.29) is 11.3 Å². The third kappa shape index (κ3) is 2.53. The Bertz CT molecular complexity index is 826. The second kappa shape index (κ2) is 6.06. The summed E-state index contributed by atoms with van der Waals surface area (Å²) >= 11 is 3.64. The molecule has 4 rings (SSSR count). The van der Waals surface area contributed by atoms with Gasteiger partial charge < -0.3 is 15.4 Å². The van der Waals surface area contributed by atoms with Gasteiger partial charge in [-0.1, -0.05) is 25.0 Å². The summed E-state index contributed by atoms with van der Waals surface area (Å²) in [6, 6.07) is 11.8. The number of rotatable bonds is 3. The normalized spacial score (nSPS) is 18.0. The SMILES string of the molecule is COc1ccc(CN2C(=O)C3(CCCC3)c3cc(N)cc(Br)c32)cc1. The molecule has 130 valence electrons. The van der Waals surface area contributed by atoms with Gasteiger partial charge in [-0.2, -0.15) is 0 Å². The lowest BCUT2D eigenvalue weighted by molar-refractivity contribution is -0.123. The number of anilines is 2. The van der Waals surface area contributed by atoms with Crippen LogP contribution in [0.25, 0.3) is 0 Å². The van der Waals surface area contributed by atoms with Crippen LogP contribution in [0.1, 0.15) is 36.8 Å². The predicted octanol–water partition coefficient (Wildman–Crippen LogP) is 4.40. The van der Waals surface area contributed by atoms with Gasteiger partial charge in [-0.25, -0.2) is 0 Å². The number of halogens is 1. The molecule has 1 spiro atoms. The summed E-state index contributed by atoms with van der Waals surface area (Å²) in [5.41, 5.74) is 9.56. The lowest BCUT2D eigenvalue weighted by Crippen LogP contribution is -2.38. The van der Waals surface area contributed by atoms with Crippen molar-refractivity contribution in [2.45, 2.75) is 37.6 Å². The van der Waals surface area contributed by atoms with Crippen LogP contribution in [0.15, 0.2) is 40.9 Å². The van der Waals surface area contributed by atoms with Gasteiger partial charge in [0.05, 0.1) is 24.8 Å². The number of carbonyl (C=O) groups is 1. The summed E-state index contributed by atoms with van der Waals surface area (Å²) in [5.74, 6) is 1.03. The van der Waals surface area contributed by atoms with Crippen LogP contribution >= 0.6 is 15.9 Å². The smallest absolute Gasteiger partial charge is 0.238 e. The molecule has 2 aromatic carbocycles. The molecule has 25 heavy (non-hydrogen) atoms. The zero-order valence-corrected chi connectivity index (χ0v) is 15.8. The summed E-state index contributed by atoms with van der Waals surface area (Å²) in [6.07, 6.45) is 4.00. The van der Waals surface area contributed by atoms with E-state index < -0.39 is 0 Å². The van der Waals surface area contributed by atoms with E-state index in [1.165, 1.54) is 0 Å². The lowest BCUT2D eigenvalue weighted by Gasteiger charge is -2.23. The fraction of sp³-hybridized carbons (Fsp3) is 0.350. The predicted molar refractivity (Wildman–Crippen MR) is 103 cm³/mol. The van der Waals surface area contributed by atoms with Gasteiger partial charge in [0, 0.05) is 10.2 Å². The van der Waals surface area contributed by atoms with Crippen molar-refractivity contribution in [2.24, 2.45) is 0 Å². The van der Waals surface area contributed by atoms with Gasteiger partial charge in [-0.05, 0) is 64.2 Å². The average Bonchev–Trinajstić information content (AvgIpc) is 3.17. The van der Waals surface area contributed by atoms with E-state index >= 15 is 0 Å². The van der Waals surface area contributed by atoms with E-state index in [2.05, 4.69) is 15.9 Å². The molecular formula is C20H21BrN2O2. The molecule has 1 amide bonds. The van der Waals surface area contributed by atoms with Crippen molar-refractivity contribution in [3.63, 3.8) is 0 Å². The zero-order chi connectivity index (χ0) is 17.6. The number of hydrogen-bond donors (Lipinski definition) is 1. The van der Waals surface area contributed by atoms with Crippen molar-refractivity contribution in [3.8, 4) is 5.75 Å². The zero-order valence-electron chi connectivity index (χ0n) is 14.2. The van der Waals surface area contributed by atoms with Gasteiger partial charge in [0.15, 0.2) is 0 Å². The Morgan fingerprint density at radius 1 is 1.20 bits per heavy atom. The molecule has 1 heterocycles. The minimum atomic E-state index is -0.389. The number of nitrogens with zero attached hydrogens (tertiary/aromatic N) is 1. The molecule has 0 atom stereocenters. The standard InChI is InChI=1S/C20H21BrN2O2/c1-25-15-6-4-13(5-7-15)12-23-18-16(10-14(22)11-17(18)21)20(19(23)24)8-2-3-9-20/h4-7,10-11H,2-3,8-9,12,22H2,1H3. The lowest BCUT2D eigenvalue weighted by atomic mass is 9.80. The monoisotopic (exact) mass is 400 g/mol. The summed E-state index contributed by atoms with van der Waals surface area (Å²) in [7, 11) is 1.65. The van der Waals surface area contributed by atoms with Gasteiger partial charge >= 0.3 is 0 Å². The molecule has 1 aliphatic heterocycles. The van der Waals surface area contributed by atoms with Gasteiger partial charge in [-0.3, -0.25) is 4.79 Å². The first-order valence-corrected chi connectivity index (χ1v) is 9.39. The number of amides is 1. The van der Waals surface area contributed by atoms with Crippen LogP contribution in [-0.2, 0) is 16.8 Å². The number of hydrogen-bond acceptors (Lipinski definition) is 3. The number of benzene rings is 2. The maximum absolute atomic E-state index is 13.4. The van der Waals surface area contributed by atoms with Crippen LogP contribution in [0.4, 0.5) is 11.4 Å². The Morgan fingerprint density at radius 2 is 1.88 bits per heavy atom. The van der Waals surface area contributed by atoms with E-state index in [0.29, 0.717) is 12.2 Å². The molecule has 1 saturated carbocycles. The van der Waals surface area contributed by atoms with Gasteiger partial charge in [-0.15, -0.1) is 0 Å². The topological polar surface area (TPSA) is 55.6 Å². The highest BCUT2D eigenvalue weighted by molar-refractivity contribution is 9.10. The quantitative estimate of drug-likeness (QED) is 0.776. The molecule has 0 radical (unpaired) electrons. The highest BCUT2D eigenvalue weighted by Gasteiger charge is 2.52. The van der Waals surface area contributed by atoms with E-state index in [4.69, 9.17) is 10.5 Å². The maximum Gasteiger partial charge on any atom is 0.238 e. The second-order valence-corrected chi connectivity index (χ2v) is 7.78. The van der Waals surface area contributed by atoms with E-state index in [0.717, 1.165) is 52.7 Å². The average molecular weight is 401 g/mol. The summed E-state index contributed by atoms with van der Waals surface area (Å²) in [5, 5.41) is 0. The van der Waals surface area contributed by atoms with Crippen LogP contribution < -0.4 is 15.4 Å². The van der Waals surface area contributed by atoms with Crippen molar-refractivity contribution in [2.75, 3.05) is 17.7 Å². The fourth-order valence-electron chi connectivity index (χ4n) is 4.26. The van der Waals surface area contributed by atoms with Crippen LogP contribution in [-0.4, -0.2) is 13.0 Å². The summed E-state index contributed by atoms with van der Waals surface area (Å²) in [6.45, 7) is 0.556. The second-order valence-electron chi connectivity index (χ2n) is 6.93. The van der Waals surface area contributed by atoms with Crippen LogP contribution in [0.2, 0.25) is 0 Å². The Kier molecular flexibility index (Phi) is 3.99. The molecule has 0 saturated heterocycles. The maximum atomic E-state index is 13.4. The number of ether oxygens (including phenoxy) is 1. The highest BCUT2D eigenvalue weighted by atomic mass is 79.9. The molecule has 2 aliphatic rings. The molecule has 1 fully saturated rings. The molecule has 0 unspecified atom stereocenters. The van der Waals surface area contributed by atoms with Crippen molar-refractivity contribution in [1.82, 2.24) is 0 Å². The van der Waals surface area contributed by atoms with Gasteiger partial charge in [0.1, 0.15) is 5.75 Å². The minimum Gasteiger partial charge on any atom is -0.497 e. The van der Waals surface area contributed by atoms with E-state index in [1.807, 2.05) is 41.3 Å². The summed E-state index contributed by atoms with van der Waals surface area (Å²) < 4.78 is 6.12. The number of nitrogen functional groups attached to an aromatic ring is 1. The summed E-state index contributed by atoms with van der Waals surface area (Å²) in [4.78, 5) is 15.3. The fourth-order valence-corrected chi connectivity index (χ4v) is 4.95. The van der Waals surface area contributed by atoms with E-state index in [9.17, 15) is 4.79 Å². The van der Waals surface area contributed by atoms with Crippen molar-refractivity contribution < 1.29 is 9.53 Å². The largest absolute Gasteiger partial charge is 0.497 e. The first kappa shape index (κ1) is 16.5. The van der Waals surface area contributed by atoms with Crippen LogP contribution in [0, 0.1) is 0 Å². The number of methoxy groups -OCH3 is 1. The first-order chi connectivity index (χ1) is 12.0. The highest BCUT2D eigenvalue weighted by Crippen LogP contribution is 2.54. The molecule has 2 N–H and O–H groups in total. The Morgan fingerprint density at radius 3 is 2.52 bits per heavy atom. The molecular weight excluding hydrogens is 380 g/mol. The molecule has 0 aromatic heterocycles. The van der Waals surface area contributed by atoms with Crippen molar-refractivity contribution in [1.29, 1.82) is 0 Å². The minimum absolute atomic E-state index is 0.210. The number of fused-ring (bicyclic) bond motifs is 2. The van der Waals surface area contributed by atoms with E-state index in [1.54, 1.807) is 7.11 Å². The van der Waals surface area contributed by atoms with Crippen LogP contribution in [0.3, 0.4) is 0 Å². The third-order valence-corrected chi connectivity index (χ3v) is 6.09. The molecule has 1 aliphatic carbocycles.